The number of hydrogen-bond donors (Lipinski definition) is 2. The molecule has 0 aliphatic carbocycles. The van der Waals surface area contributed by atoms with Crippen LogP contribution >= 0.6 is 12.2 Å². The van der Waals surface area contributed by atoms with Gasteiger partial charge < -0.3 is 10.2 Å². The van der Waals surface area contributed by atoms with Gasteiger partial charge in [0, 0.05) is 39.1 Å². The second-order valence-electron chi connectivity index (χ2n) is 6.64. The number of H-pyrrole nitrogens is 1. The molecule has 1 aliphatic rings. The summed E-state index contributed by atoms with van der Waals surface area (Å²) >= 11 is 5.24. The van der Waals surface area contributed by atoms with Crippen LogP contribution in [-0.4, -0.2) is 75.6 Å². The molecule has 1 fully saturated rings. The normalized spacial score (nSPS) is 15.2. The van der Waals surface area contributed by atoms with Crippen molar-refractivity contribution < 1.29 is 9.59 Å². The first-order chi connectivity index (χ1) is 12.5. The number of aryl methyl sites for hydroxylation is 1. The summed E-state index contributed by atoms with van der Waals surface area (Å²) in [7, 11) is 0. The summed E-state index contributed by atoms with van der Waals surface area (Å²) in [6, 6.07) is 0. The molecule has 2 rings (SSSR count). The van der Waals surface area contributed by atoms with E-state index in [4.69, 9.17) is 12.2 Å². The van der Waals surface area contributed by atoms with E-state index in [0.29, 0.717) is 37.5 Å². The van der Waals surface area contributed by atoms with Crippen LogP contribution < -0.4 is 5.32 Å². The minimum absolute atomic E-state index is 0.0481. The SMILES string of the molecule is CCCCNC(=O)CN1CCN(C(=O)Cn2c(CCC)n[nH]c2=S)CC1. The van der Waals surface area contributed by atoms with Crippen LogP contribution in [0.4, 0.5) is 0 Å². The molecule has 8 nitrogen and oxygen atoms in total. The number of carbonyl (C=O) groups excluding carboxylic acids is 2. The first-order valence-corrected chi connectivity index (χ1v) is 9.86. The summed E-state index contributed by atoms with van der Waals surface area (Å²) in [5.74, 6) is 0.937. The molecule has 0 unspecified atom stereocenters. The van der Waals surface area contributed by atoms with Gasteiger partial charge in [-0.05, 0) is 25.1 Å². The summed E-state index contributed by atoms with van der Waals surface area (Å²) in [6.07, 6.45) is 3.82. The molecule has 0 bridgehead atoms. The van der Waals surface area contributed by atoms with Crippen LogP contribution in [0.15, 0.2) is 0 Å². The average molecular weight is 383 g/mol. The number of aromatic amines is 1. The number of unbranched alkanes of at least 4 members (excludes halogenated alkanes) is 1. The molecule has 0 aromatic carbocycles. The van der Waals surface area contributed by atoms with E-state index in [1.165, 1.54) is 0 Å². The van der Waals surface area contributed by atoms with Crippen LogP contribution in [0.1, 0.15) is 38.9 Å². The number of amides is 2. The van der Waals surface area contributed by atoms with Gasteiger partial charge in [-0.25, -0.2) is 0 Å². The Hall–Kier alpha value is -1.74. The van der Waals surface area contributed by atoms with Gasteiger partial charge in [0.1, 0.15) is 12.4 Å². The highest BCUT2D eigenvalue weighted by molar-refractivity contribution is 7.71. The molecule has 2 N–H and O–H groups in total. The smallest absolute Gasteiger partial charge is 0.242 e. The van der Waals surface area contributed by atoms with Gasteiger partial charge in [0.2, 0.25) is 11.8 Å². The van der Waals surface area contributed by atoms with E-state index in [2.05, 4.69) is 34.3 Å². The number of hydrogen-bond acceptors (Lipinski definition) is 5. The van der Waals surface area contributed by atoms with Crippen molar-refractivity contribution in [1.29, 1.82) is 0 Å². The fourth-order valence-corrected chi connectivity index (χ4v) is 3.20. The largest absolute Gasteiger partial charge is 0.355 e. The zero-order chi connectivity index (χ0) is 18.9. The third kappa shape index (κ3) is 5.91. The molecule has 2 heterocycles. The van der Waals surface area contributed by atoms with Crippen molar-refractivity contribution >= 4 is 24.0 Å². The number of aromatic nitrogens is 3. The summed E-state index contributed by atoms with van der Waals surface area (Å²) in [4.78, 5) is 28.4. The van der Waals surface area contributed by atoms with E-state index >= 15 is 0 Å². The van der Waals surface area contributed by atoms with Gasteiger partial charge in [-0.3, -0.25) is 24.2 Å². The second kappa shape index (κ2) is 10.4. The first kappa shape index (κ1) is 20.6. The van der Waals surface area contributed by atoms with E-state index in [9.17, 15) is 9.59 Å². The minimum Gasteiger partial charge on any atom is -0.355 e. The molecular formula is C17H30N6O2S. The van der Waals surface area contributed by atoms with Crippen molar-refractivity contribution in [2.75, 3.05) is 39.3 Å². The van der Waals surface area contributed by atoms with Crippen LogP contribution in [0.3, 0.4) is 0 Å². The Kier molecular flexibility index (Phi) is 8.24. The molecule has 0 saturated carbocycles. The number of carbonyl (C=O) groups is 2. The van der Waals surface area contributed by atoms with Crippen molar-refractivity contribution in [1.82, 2.24) is 29.9 Å². The highest BCUT2D eigenvalue weighted by Crippen LogP contribution is 2.06. The zero-order valence-corrected chi connectivity index (χ0v) is 16.6. The predicted molar refractivity (Wildman–Crippen MR) is 102 cm³/mol. The Morgan fingerprint density at radius 2 is 1.88 bits per heavy atom. The third-order valence-electron chi connectivity index (χ3n) is 4.55. The quantitative estimate of drug-likeness (QED) is 0.491. The van der Waals surface area contributed by atoms with E-state index in [0.717, 1.165) is 38.1 Å². The molecule has 26 heavy (non-hydrogen) atoms. The van der Waals surface area contributed by atoms with Crippen LogP contribution in [0.5, 0.6) is 0 Å². The highest BCUT2D eigenvalue weighted by Gasteiger charge is 2.23. The number of nitrogens with zero attached hydrogens (tertiary/aromatic N) is 4. The molecule has 146 valence electrons. The van der Waals surface area contributed by atoms with Crippen molar-refractivity contribution in [3.63, 3.8) is 0 Å². The average Bonchev–Trinajstić information content (AvgIpc) is 2.96. The molecule has 0 radical (unpaired) electrons. The predicted octanol–water partition coefficient (Wildman–Crippen LogP) is 0.954. The van der Waals surface area contributed by atoms with Crippen LogP contribution in [-0.2, 0) is 22.6 Å². The molecule has 1 aliphatic heterocycles. The van der Waals surface area contributed by atoms with Gasteiger partial charge in [-0.1, -0.05) is 20.3 Å². The molecule has 0 spiro atoms. The Morgan fingerprint density at radius 3 is 2.54 bits per heavy atom. The van der Waals surface area contributed by atoms with Gasteiger partial charge in [-0.2, -0.15) is 5.10 Å². The number of nitrogens with one attached hydrogen (secondary N) is 2. The minimum atomic E-state index is 0.0481. The topological polar surface area (TPSA) is 86.3 Å². The van der Waals surface area contributed by atoms with Gasteiger partial charge >= 0.3 is 0 Å². The number of piperazine rings is 1. The van der Waals surface area contributed by atoms with Gasteiger partial charge in [0.25, 0.3) is 0 Å². The van der Waals surface area contributed by atoms with Crippen LogP contribution in [0, 0.1) is 4.77 Å². The lowest BCUT2D eigenvalue weighted by Crippen LogP contribution is -2.51. The summed E-state index contributed by atoms with van der Waals surface area (Å²) in [5, 5.41) is 9.91. The maximum absolute atomic E-state index is 12.6. The molecule has 1 aromatic heterocycles. The molecule has 1 saturated heterocycles. The second-order valence-corrected chi connectivity index (χ2v) is 7.03. The Bertz CT molecular complexity index is 648. The summed E-state index contributed by atoms with van der Waals surface area (Å²) in [5.41, 5.74) is 0. The van der Waals surface area contributed by atoms with Crippen molar-refractivity contribution in [3.05, 3.63) is 10.6 Å². The van der Waals surface area contributed by atoms with Gasteiger partial charge in [0.05, 0.1) is 6.54 Å². The number of rotatable bonds is 9. The van der Waals surface area contributed by atoms with Gasteiger partial charge in [-0.15, -0.1) is 0 Å². The Labute approximate surface area is 159 Å². The standard InChI is InChI=1S/C17H30N6O2S/c1-3-5-7-18-15(24)12-21-8-10-22(11-9-21)16(25)13-23-14(6-4-2)19-20-17(23)26/h3-13H2,1-2H3,(H,18,24)(H,20,26). The van der Waals surface area contributed by atoms with Gasteiger partial charge in [0.15, 0.2) is 4.77 Å². The lowest BCUT2D eigenvalue weighted by Gasteiger charge is -2.34. The molecule has 2 amide bonds. The van der Waals surface area contributed by atoms with Crippen molar-refractivity contribution in [3.8, 4) is 0 Å². The van der Waals surface area contributed by atoms with E-state index in [1.807, 2.05) is 4.90 Å². The maximum atomic E-state index is 12.6. The summed E-state index contributed by atoms with van der Waals surface area (Å²) in [6.45, 7) is 8.23. The van der Waals surface area contributed by atoms with Crippen LogP contribution in [0.2, 0.25) is 0 Å². The maximum Gasteiger partial charge on any atom is 0.242 e. The lowest BCUT2D eigenvalue weighted by atomic mass is 10.3. The third-order valence-corrected chi connectivity index (χ3v) is 4.86. The molecular weight excluding hydrogens is 352 g/mol. The van der Waals surface area contributed by atoms with E-state index < -0.39 is 0 Å². The highest BCUT2D eigenvalue weighted by atomic mass is 32.1. The molecule has 1 aromatic rings. The zero-order valence-electron chi connectivity index (χ0n) is 15.8. The fourth-order valence-electron chi connectivity index (χ4n) is 2.98. The molecule has 0 atom stereocenters. The molecule has 9 heteroatoms. The van der Waals surface area contributed by atoms with E-state index in [-0.39, 0.29) is 18.4 Å². The Morgan fingerprint density at radius 1 is 1.15 bits per heavy atom. The summed E-state index contributed by atoms with van der Waals surface area (Å²) < 4.78 is 2.28. The van der Waals surface area contributed by atoms with Crippen molar-refractivity contribution in [2.24, 2.45) is 0 Å². The van der Waals surface area contributed by atoms with Crippen LogP contribution in [0.25, 0.3) is 0 Å². The van der Waals surface area contributed by atoms with Crippen molar-refractivity contribution in [2.45, 2.75) is 46.1 Å². The fraction of sp³-hybridized carbons (Fsp3) is 0.765. The lowest BCUT2D eigenvalue weighted by molar-refractivity contribution is -0.134. The Balaban J connectivity index is 1.79. The van der Waals surface area contributed by atoms with E-state index in [1.54, 1.807) is 4.57 Å². The monoisotopic (exact) mass is 382 g/mol. The first-order valence-electron chi connectivity index (χ1n) is 9.46.